The van der Waals surface area contributed by atoms with Crippen molar-refractivity contribution >= 4 is 5.69 Å². The number of para-hydroxylation sites is 1. The molecule has 0 saturated carbocycles. The van der Waals surface area contributed by atoms with Gasteiger partial charge in [-0.1, -0.05) is 18.2 Å². The maximum absolute atomic E-state index is 9.22. The molecule has 2 rings (SSSR count). The van der Waals surface area contributed by atoms with Crippen LogP contribution in [0.3, 0.4) is 0 Å². The van der Waals surface area contributed by atoms with Crippen molar-refractivity contribution in [3.8, 4) is 0 Å². The van der Waals surface area contributed by atoms with Crippen molar-refractivity contribution in [1.29, 1.82) is 0 Å². The van der Waals surface area contributed by atoms with Crippen LogP contribution in [0, 0.1) is 0 Å². The van der Waals surface area contributed by atoms with Crippen molar-refractivity contribution in [3.05, 3.63) is 29.8 Å². The summed E-state index contributed by atoms with van der Waals surface area (Å²) >= 11 is 0. The van der Waals surface area contributed by atoms with E-state index in [2.05, 4.69) is 11.0 Å². The van der Waals surface area contributed by atoms with Gasteiger partial charge in [0, 0.05) is 24.3 Å². The highest BCUT2D eigenvalue weighted by atomic mass is 16.3. The van der Waals surface area contributed by atoms with Crippen LogP contribution in [0.1, 0.15) is 24.8 Å². The Hall–Kier alpha value is -1.02. The molecule has 0 bridgehead atoms. The minimum absolute atomic E-state index is 0.146. The Morgan fingerprint density at radius 3 is 2.50 bits per heavy atom. The second kappa shape index (κ2) is 4.47. The third-order valence-corrected chi connectivity index (χ3v) is 2.86. The van der Waals surface area contributed by atoms with Crippen molar-refractivity contribution in [3.63, 3.8) is 0 Å². The first-order chi connectivity index (χ1) is 6.92. The number of rotatable bonds is 2. The number of piperidine rings is 1. The van der Waals surface area contributed by atoms with E-state index < -0.39 is 0 Å². The zero-order valence-electron chi connectivity index (χ0n) is 8.45. The largest absolute Gasteiger partial charge is 0.392 e. The van der Waals surface area contributed by atoms with E-state index in [-0.39, 0.29) is 6.61 Å². The molecule has 0 aliphatic carbocycles. The van der Waals surface area contributed by atoms with Crippen LogP contribution in [0.25, 0.3) is 0 Å². The quantitative estimate of drug-likeness (QED) is 0.774. The van der Waals surface area contributed by atoms with Crippen LogP contribution >= 0.6 is 0 Å². The highest BCUT2D eigenvalue weighted by Gasteiger charge is 2.12. The molecule has 0 unspecified atom stereocenters. The van der Waals surface area contributed by atoms with Gasteiger partial charge in [-0.05, 0) is 25.3 Å². The van der Waals surface area contributed by atoms with Gasteiger partial charge in [0.15, 0.2) is 0 Å². The first-order valence-electron chi connectivity index (χ1n) is 5.35. The molecule has 1 aromatic carbocycles. The molecular formula is C12H17NO. The number of nitrogens with zero attached hydrogens (tertiary/aromatic N) is 1. The molecule has 0 amide bonds. The zero-order chi connectivity index (χ0) is 9.80. The van der Waals surface area contributed by atoms with Crippen molar-refractivity contribution in [2.24, 2.45) is 0 Å². The average Bonchev–Trinajstić information content (AvgIpc) is 2.30. The summed E-state index contributed by atoms with van der Waals surface area (Å²) in [5.41, 5.74) is 2.27. The summed E-state index contributed by atoms with van der Waals surface area (Å²) in [5, 5.41) is 9.22. The minimum Gasteiger partial charge on any atom is -0.392 e. The van der Waals surface area contributed by atoms with E-state index in [0.29, 0.717) is 0 Å². The van der Waals surface area contributed by atoms with Gasteiger partial charge in [0.1, 0.15) is 0 Å². The number of anilines is 1. The summed E-state index contributed by atoms with van der Waals surface area (Å²) in [4.78, 5) is 2.38. The summed E-state index contributed by atoms with van der Waals surface area (Å²) in [6, 6.07) is 8.14. The van der Waals surface area contributed by atoms with Gasteiger partial charge in [-0.25, -0.2) is 0 Å². The lowest BCUT2D eigenvalue weighted by atomic mass is 10.1. The summed E-state index contributed by atoms with van der Waals surface area (Å²) in [6.45, 7) is 2.42. The smallest absolute Gasteiger partial charge is 0.0702 e. The third kappa shape index (κ3) is 1.90. The molecule has 0 aromatic heterocycles. The molecule has 1 saturated heterocycles. The molecule has 1 fully saturated rings. The SMILES string of the molecule is OCc1ccccc1N1CCCCC1. The van der Waals surface area contributed by atoms with Crippen molar-refractivity contribution < 1.29 is 5.11 Å². The topological polar surface area (TPSA) is 23.5 Å². The van der Waals surface area contributed by atoms with Gasteiger partial charge in [0.2, 0.25) is 0 Å². The normalized spacial score (nSPS) is 17.1. The fourth-order valence-electron chi connectivity index (χ4n) is 2.09. The molecule has 0 atom stereocenters. The second-order valence-corrected chi connectivity index (χ2v) is 3.83. The molecule has 0 spiro atoms. The lowest BCUT2D eigenvalue weighted by Crippen LogP contribution is -2.30. The standard InChI is InChI=1S/C12H17NO/c14-10-11-6-2-3-7-12(11)13-8-4-1-5-9-13/h2-3,6-7,14H,1,4-5,8-10H2. The van der Waals surface area contributed by atoms with Gasteiger partial charge >= 0.3 is 0 Å². The number of aliphatic hydroxyl groups excluding tert-OH is 1. The van der Waals surface area contributed by atoms with Gasteiger partial charge in [-0.3, -0.25) is 0 Å². The lowest BCUT2D eigenvalue weighted by Gasteiger charge is -2.30. The van der Waals surface area contributed by atoms with Gasteiger partial charge in [-0.15, -0.1) is 0 Å². The Morgan fingerprint density at radius 1 is 1.07 bits per heavy atom. The van der Waals surface area contributed by atoms with Gasteiger partial charge in [0.25, 0.3) is 0 Å². The average molecular weight is 191 g/mol. The van der Waals surface area contributed by atoms with E-state index in [9.17, 15) is 5.11 Å². The maximum Gasteiger partial charge on any atom is 0.0702 e. The van der Waals surface area contributed by atoms with Crippen molar-refractivity contribution in [1.82, 2.24) is 0 Å². The Kier molecular flexibility index (Phi) is 3.04. The van der Waals surface area contributed by atoms with E-state index >= 15 is 0 Å². The van der Waals surface area contributed by atoms with Crippen LogP contribution in [0.4, 0.5) is 5.69 Å². The van der Waals surface area contributed by atoms with E-state index in [1.807, 2.05) is 18.2 Å². The predicted octanol–water partition coefficient (Wildman–Crippen LogP) is 2.17. The monoisotopic (exact) mass is 191 g/mol. The summed E-state index contributed by atoms with van der Waals surface area (Å²) < 4.78 is 0. The molecule has 1 heterocycles. The first kappa shape index (κ1) is 9.53. The molecule has 1 N–H and O–H groups in total. The molecular weight excluding hydrogens is 174 g/mol. The molecule has 2 nitrogen and oxygen atoms in total. The first-order valence-corrected chi connectivity index (χ1v) is 5.35. The highest BCUT2D eigenvalue weighted by molar-refractivity contribution is 5.53. The van der Waals surface area contributed by atoms with Crippen LogP contribution in [0.15, 0.2) is 24.3 Å². The van der Waals surface area contributed by atoms with Gasteiger partial charge in [0.05, 0.1) is 6.61 Å². The van der Waals surface area contributed by atoms with E-state index in [1.165, 1.54) is 24.9 Å². The molecule has 1 aromatic rings. The predicted molar refractivity (Wildman–Crippen MR) is 58.4 cm³/mol. The fraction of sp³-hybridized carbons (Fsp3) is 0.500. The summed E-state index contributed by atoms with van der Waals surface area (Å²) in [7, 11) is 0. The van der Waals surface area contributed by atoms with E-state index in [4.69, 9.17) is 0 Å². The Bertz CT molecular complexity index is 292. The second-order valence-electron chi connectivity index (χ2n) is 3.83. The lowest BCUT2D eigenvalue weighted by molar-refractivity contribution is 0.282. The van der Waals surface area contributed by atoms with E-state index in [1.54, 1.807) is 0 Å². The Balaban J connectivity index is 2.20. The van der Waals surface area contributed by atoms with Crippen molar-refractivity contribution in [2.75, 3.05) is 18.0 Å². The third-order valence-electron chi connectivity index (χ3n) is 2.86. The molecule has 2 heteroatoms. The Labute approximate surface area is 85.2 Å². The van der Waals surface area contributed by atoms with Crippen LogP contribution in [0.2, 0.25) is 0 Å². The zero-order valence-corrected chi connectivity index (χ0v) is 8.45. The fourth-order valence-corrected chi connectivity index (χ4v) is 2.09. The minimum atomic E-state index is 0.146. The maximum atomic E-state index is 9.22. The van der Waals surface area contributed by atoms with Crippen LogP contribution in [-0.4, -0.2) is 18.2 Å². The van der Waals surface area contributed by atoms with Crippen LogP contribution < -0.4 is 4.90 Å². The van der Waals surface area contributed by atoms with Gasteiger partial charge in [-0.2, -0.15) is 0 Å². The number of aliphatic hydroxyl groups is 1. The number of hydrogen-bond acceptors (Lipinski definition) is 2. The summed E-state index contributed by atoms with van der Waals surface area (Å²) in [5.74, 6) is 0. The number of hydrogen-bond donors (Lipinski definition) is 1. The van der Waals surface area contributed by atoms with Crippen LogP contribution in [0.5, 0.6) is 0 Å². The molecule has 76 valence electrons. The molecule has 1 aliphatic heterocycles. The number of benzene rings is 1. The summed E-state index contributed by atoms with van der Waals surface area (Å²) in [6.07, 6.45) is 3.90. The van der Waals surface area contributed by atoms with Crippen molar-refractivity contribution in [2.45, 2.75) is 25.9 Å². The molecule has 0 radical (unpaired) electrons. The van der Waals surface area contributed by atoms with Gasteiger partial charge < -0.3 is 10.0 Å². The highest BCUT2D eigenvalue weighted by Crippen LogP contribution is 2.23. The Morgan fingerprint density at radius 2 is 1.79 bits per heavy atom. The van der Waals surface area contributed by atoms with E-state index in [0.717, 1.165) is 18.7 Å². The molecule has 14 heavy (non-hydrogen) atoms. The van der Waals surface area contributed by atoms with Crippen LogP contribution in [-0.2, 0) is 6.61 Å². The molecule has 1 aliphatic rings.